The molecule has 2 heterocycles. The normalized spacial score (nSPS) is 18.5. The van der Waals surface area contributed by atoms with E-state index in [0.717, 1.165) is 35.4 Å². The maximum atomic E-state index is 13.1. The molecule has 2 N–H and O–H groups in total. The highest BCUT2D eigenvalue weighted by Gasteiger charge is 2.28. The zero-order valence-electron chi connectivity index (χ0n) is 17.8. The molecule has 2 atom stereocenters. The lowest BCUT2D eigenvalue weighted by atomic mass is 10.0. The quantitative estimate of drug-likeness (QED) is 0.437. The van der Waals surface area contributed by atoms with Crippen LogP contribution in [-0.4, -0.2) is 51.6 Å². The van der Waals surface area contributed by atoms with E-state index in [9.17, 15) is 8.42 Å². The summed E-state index contributed by atoms with van der Waals surface area (Å²) in [7, 11) is -3.59. The number of sulfonamides is 1. The van der Waals surface area contributed by atoms with Crippen molar-refractivity contribution in [2.24, 2.45) is 0 Å². The monoisotopic (exact) mass is 533 g/mol. The van der Waals surface area contributed by atoms with Crippen LogP contribution < -0.4 is 10.0 Å². The fourth-order valence-electron chi connectivity index (χ4n) is 4.18. The average Bonchev–Trinajstić information content (AvgIpc) is 3.24. The van der Waals surface area contributed by atoms with Gasteiger partial charge >= 0.3 is 0 Å². The highest BCUT2D eigenvalue weighted by atomic mass is 79.9. The van der Waals surface area contributed by atoms with Gasteiger partial charge in [0.2, 0.25) is 10.0 Å². The molecule has 0 radical (unpaired) electrons. The molecule has 1 aromatic heterocycles. The van der Waals surface area contributed by atoms with Gasteiger partial charge in [0.25, 0.3) is 0 Å². The first-order chi connectivity index (χ1) is 15.5. The van der Waals surface area contributed by atoms with Gasteiger partial charge in [-0.1, -0.05) is 60.7 Å². The molecule has 0 amide bonds. The third-order valence-electron chi connectivity index (χ3n) is 5.70. The summed E-state index contributed by atoms with van der Waals surface area (Å²) in [5.74, 6) is 0. The third kappa shape index (κ3) is 6.50. The van der Waals surface area contributed by atoms with Crippen LogP contribution in [0.15, 0.2) is 80.8 Å². The predicted molar refractivity (Wildman–Crippen MR) is 135 cm³/mol. The molecule has 0 spiro atoms. The van der Waals surface area contributed by atoms with Crippen LogP contribution in [0.25, 0.3) is 0 Å². The maximum Gasteiger partial charge on any atom is 0.250 e. The molecule has 1 saturated heterocycles. The number of rotatable bonds is 9. The Balaban J connectivity index is 1.53. The number of halogens is 1. The lowest BCUT2D eigenvalue weighted by molar-refractivity contribution is 0.148. The van der Waals surface area contributed by atoms with Crippen LogP contribution in [-0.2, 0) is 22.9 Å². The van der Waals surface area contributed by atoms with Gasteiger partial charge in [-0.2, -0.15) is 0 Å². The third-order valence-corrected chi connectivity index (χ3v) is 9.34. The van der Waals surface area contributed by atoms with Crippen molar-refractivity contribution in [2.45, 2.75) is 29.1 Å². The van der Waals surface area contributed by atoms with E-state index in [1.807, 2.05) is 24.3 Å². The summed E-state index contributed by atoms with van der Waals surface area (Å²) in [6.07, 6.45) is 1.59. The fraction of sp³-hybridized carbons (Fsp3) is 0.333. The van der Waals surface area contributed by atoms with Gasteiger partial charge in [0, 0.05) is 38.3 Å². The van der Waals surface area contributed by atoms with Crippen molar-refractivity contribution >= 4 is 37.3 Å². The highest BCUT2D eigenvalue weighted by Crippen LogP contribution is 2.26. The largest absolute Gasteiger partial charge is 0.314 e. The maximum absolute atomic E-state index is 13.1. The molecule has 0 bridgehead atoms. The molecular weight excluding hydrogens is 506 g/mol. The molecule has 1 aliphatic heterocycles. The minimum Gasteiger partial charge on any atom is -0.314 e. The number of hydrogen-bond acceptors (Lipinski definition) is 5. The number of hydrogen-bond donors (Lipinski definition) is 2. The van der Waals surface area contributed by atoms with E-state index in [4.69, 9.17) is 0 Å². The Morgan fingerprint density at radius 1 is 1.03 bits per heavy atom. The molecule has 1 aliphatic rings. The summed E-state index contributed by atoms with van der Waals surface area (Å²) in [4.78, 5) is 2.43. The Morgan fingerprint density at radius 2 is 1.72 bits per heavy atom. The minimum absolute atomic E-state index is 0.223. The second-order valence-corrected chi connectivity index (χ2v) is 12.5. The lowest BCUT2D eigenvalue weighted by Gasteiger charge is -2.38. The molecule has 0 saturated carbocycles. The summed E-state index contributed by atoms with van der Waals surface area (Å²) in [6.45, 7) is 3.38. The van der Waals surface area contributed by atoms with Crippen LogP contribution in [0.4, 0.5) is 0 Å². The Bertz CT molecular complexity index is 1090. The number of piperazine rings is 1. The molecule has 8 heteroatoms. The zero-order valence-corrected chi connectivity index (χ0v) is 21.0. The van der Waals surface area contributed by atoms with Crippen LogP contribution in [0.2, 0.25) is 0 Å². The van der Waals surface area contributed by atoms with Crippen molar-refractivity contribution in [1.29, 1.82) is 0 Å². The number of nitrogens with one attached hydrogen (secondary N) is 2. The standard InChI is InChI=1S/C24H28BrN3O2S2/c25-23-11-12-24(31-23)32(29,30)27-21(15-19-7-3-1-4-8-19)18-28-14-13-26-17-22(28)16-20-9-5-2-6-10-20/h1-12,21-22,26-27H,13-18H2/t21-,22-/m0/s1. The molecule has 1 fully saturated rings. The van der Waals surface area contributed by atoms with E-state index in [-0.39, 0.29) is 6.04 Å². The molecular formula is C24H28BrN3O2S2. The topological polar surface area (TPSA) is 61.4 Å². The summed E-state index contributed by atoms with van der Waals surface area (Å²) >= 11 is 4.61. The average molecular weight is 535 g/mol. The van der Waals surface area contributed by atoms with Gasteiger partial charge in [-0.25, -0.2) is 13.1 Å². The summed E-state index contributed by atoms with van der Waals surface area (Å²) < 4.78 is 30.4. The van der Waals surface area contributed by atoms with Gasteiger partial charge in [0.15, 0.2) is 0 Å². The first-order valence-electron chi connectivity index (χ1n) is 10.8. The van der Waals surface area contributed by atoms with Crippen molar-refractivity contribution in [3.05, 3.63) is 87.7 Å². The number of benzene rings is 2. The van der Waals surface area contributed by atoms with E-state index in [1.165, 1.54) is 16.9 Å². The van der Waals surface area contributed by atoms with E-state index in [0.29, 0.717) is 23.2 Å². The van der Waals surface area contributed by atoms with Gasteiger partial charge < -0.3 is 5.32 Å². The van der Waals surface area contributed by atoms with Crippen LogP contribution in [0.1, 0.15) is 11.1 Å². The van der Waals surface area contributed by atoms with Crippen molar-refractivity contribution in [3.63, 3.8) is 0 Å². The highest BCUT2D eigenvalue weighted by molar-refractivity contribution is 9.11. The van der Waals surface area contributed by atoms with E-state index < -0.39 is 10.0 Å². The Morgan fingerprint density at radius 3 is 2.38 bits per heavy atom. The molecule has 3 aromatic rings. The van der Waals surface area contributed by atoms with Gasteiger partial charge in [0.05, 0.1) is 3.79 Å². The van der Waals surface area contributed by atoms with E-state index >= 15 is 0 Å². The number of thiophene rings is 1. The molecule has 0 unspecified atom stereocenters. The van der Waals surface area contributed by atoms with E-state index in [2.05, 4.69) is 67.3 Å². The van der Waals surface area contributed by atoms with Gasteiger partial charge in [-0.3, -0.25) is 4.90 Å². The zero-order chi connectivity index (χ0) is 22.4. The van der Waals surface area contributed by atoms with Crippen LogP contribution in [0.5, 0.6) is 0 Å². The van der Waals surface area contributed by atoms with Crippen LogP contribution in [0.3, 0.4) is 0 Å². The molecule has 170 valence electrons. The van der Waals surface area contributed by atoms with Gasteiger partial charge in [-0.15, -0.1) is 11.3 Å². The smallest absolute Gasteiger partial charge is 0.250 e. The molecule has 32 heavy (non-hydrogen) atoms. The van der Waals surface area contributed by atoms with Gasteiger partial charge in [0.1, 0.15) is 4.21 Å². The second kappa shape index (κ2) is 11.0. The molecule has 5 nitrogen and oxygen atoms in total. The van der Waals surface area contributed by atoms with Crippen molar-refractivity contribution in [1.82, 2.24) is 14.9 Å². The van der Waals surface area contributed by atoms with Crippen molar-refractivity contribution < 1.29 is 8.42 Å². The molecule has 4 rings (SSSR count). The summed E-state index contributed by atoms with van der Waals surface area (Å²) in [5.41, 5.74) is 2.43. The summed E-state index contributed by atoms with van der Waals surface area (Å²) in [5, 5.41) is 3.50. The van der Waals surface area contributed by atoms with Crippen LogP contribution in [0, 0.1) is 0 Å². The van der Waals surface area contributed by atoms with Gasteiger partial charge in [-0.05, 0) is 52.0 Å². The molecule has 2 aromatic carbocycles. The van der Waals surface area contributed by atoms with Crippen LogP contribution >= 0.6 is 27.3 Å². The number of nitrogens with zero attached hydrogens (tertiary/aromatic N) is 1. The Labute approximate surface area is 203 Å². The predicted octanol–water partition coefficient (Wildman–Crippen LogP) is 3.92. The van der Waals surface area contributed by atoms with Crippen molar-refractivity contribution in [2.75, 3.05) is 26.2 Å². The van der Waals surface area contributed by atoms with Crippen molar-refractivity contribution in [3.8, 4) is 0 Å². The second-order valence-electron chi connectivity index (χ2n) is 8.11. The first kappa shape index (κ1) is 23.6. The molecule has 0 aliphatic carbocycles. The minimum atomic E-state index is -3.59. The Kier molecular flexibility index (Phi) is 8.15. The first-order valence-corrected chi connectivity index (χ1v) is 13.9. The van der Waals surface area contributed by atoms with E-state index in [1.54, 1.807) is 12.1 Å². The lowest BCUT2D eigenvalue weighted by Crippen LogP contribution is -2.56. The summed E-state index contributed by atoms with van der Waals surface area (Å²) in [6, 6.07) is 24.1. The SMILES string of the molecule is O=S(=O)(N[C@@H](Cc1ccccc1)CN1CCNC[C@@H]1Cc1ccccc1)c1ccc(Br)s1. The Hall–Kier alpha value is -1.55. The fourth-order valence-corrected chi connectivity index (χ4v) is 7.43.